The molecule has 0 radical (unpaired) electrons. The third-order valence-corrected chi connectivity index (χ3v) is 3.25. The number of nitrogens with zero attached hydrogens (tertiary/aromatic N) is 1. The molecule has 0 fully saturated rings. The summed E-state index contributed by atoms with van der Waals surface area (Å²) in [6, 6.07) is 0. The monoisotopic (exact) mass is 323 g/mol. The third kappa shape index (κ3) is 9.11. The third-order valence-electron chi connectivity index (χ3n) is 1.89. The first kappa shape index (κ1) is 19.1. The molecular formula is C12H21NO5S2. The first-order chi connectivity index (χ1) is 9.40. The zero-order valence-electron chi connectivity index (χ0n) is 12.2. The van der Waals surface area contributed by atoms with Crippen LogP contribution in [0.5, 0.6) is 0 Å². The Balaban J connectivity index is 4.48. The molecule has 0 aromatic carbocycles. The summed E-state index contributed by atoms with van der Waals surface area (Å²) in [5, 5.41) is -0.747. The van der Waals surface area contributed by atoms with Crippen LogP contribution >= 0.6 is 24.0 Å². The maximum Gasteiger partial charge on any atom is 0.320 e. The number of esters is 2. The first-order valence-corrected chi connectivity index (χ1v) is 7.49. The quantitative estimate of drug-likeness (QED) is 0.377. The summed E-state index contributed by atoms with van der Waals surface area (Å²) in [4.78, 5) is 25.0. The van der Waals surface area contributed by atoms with Crippen LogP contribution in [0.15, 0.2) is 0 Å². The Bertz CT molecular complexity index is 336. The van der Waals surface area contributed by atoms with Gasteiger partial charge in [0.25, 0.3) is 0 Å². The van der Waals surface area contributed by atoms with Crippen molar-refractivity contribution in [3.05, 3.63) is 0 Å². The summed E-state index contributed by atoms with van der Waals surface area (Å²) >= 11 is 6.02. The molecule has 1 atom stereocenters. The van der Waals surface area contributed by atoms with Crippen molar-refractivity contribution >= 4 is 40.3 Å². The lowest BCUT2D eigenvalue weighted by atomic mass is 10.3. The first-order valence-electron chi connectivity index (χ1n) is 6.21. The fourth-order valence-corrected chi connectivity index (χ4v) is 2.25. The van der Waals surface area contributed by atoms with Crippen molar-refractivity contribution in [2.24, 2.45) is 0 Å². The summed E-state index contributed by atoms with van der Waals surface area (Å²) in [5.74, 6) is -0.963. The van der Waals surface area contributed by atoms with Crippen molar-refractivity contribution in [2.75, 3.05) is 34.0 Å². The van der Waals surface area contributed by atoms with Crippen LogP contribution in [0.1, 0.15) is 20.3 Å². The summed E-state index contributed by atoms with van der Waals surface area (Å²) in [6.45, 7) is 4.21. The van der Waals surface area contributed by atoms with Crippen molar-refractivity contribution in [3.63, 3.8) is 0 Å². The summed E-state index contributed by atoms with van der Waals surface area (Å²) < 4.78 is 15.2. The van der Waals surface area contributed by atoms with Crippen molar-refractivity contribution in [2.45, 2.75) is 25.5 Å². The van der Waals surface area contributed by atoms with Crippen molar-refractivity contribution in [3.8, 4) is 0 Å². The van der Waals surface area contributed by atoms with Gasteiger partial charge in [0.1, 0.15) is 12.0 Å². The predicted molar refractivity (Wildman–Crippen MR) is 81.5 cm³/mol. The molecule has 0 aliphatic rings. The van der Waals surface area contributed by atoms with Gasteiger partial charge in [-0.3, -0.25) is 14.5 Å². The van der Waals surface area contributed by atoms with Gasteiger partial charge in [0.2, 0.25) is 4.38 Å². The molecule has 0 N–H and O–H groups in total. The number of carbonyl (C=O) groups excluding carboxylic acids is 2. The van der Waals surface area contributed by atoms with E-state index in [1.54, 1.807) is 18.7 Å². The zero-order valence-corrected chi connectivity index (χ0v) is 13.8. The molecule has 0 rings (SSSR count). The largest absolute Gasteiger partial charge is 0.466 e. The van der Waals surface area contributed by atoms with Gasteiger partial charge >= 0.3 is 11.9 Å². The molecule has 0 saturated heterocycles. The molecule has 0 aliphatic carbocycles. The fourth-order valence-electron chi connectivity index (χ4n) is 1.11. The van der Waals surface area contributed by atoms with Crippen LogP contribution in [0, 0.1) is 0 Å². The van der Waals surface area contributed by atoms with E-state index in [2.05, 4.69) is 0 Å². The van der Waals surface area contributed by atoms with Crippen LogP contribution in [-0.2, 0) is 23.8 Å². The van der Waals surface area contributed by atoms with E-state index < -0.39 is 17.2 Å². The summed E-state index contributed by atoms with van der Waals surface area (Å²) in [5.41, 5.74) is 0. The van der Waals surface area contributed by atoms with E-state index in [0.29, 0.717) is 6.73 Å². The molecule has 0 aromatic heterocycles. The maximum atomic E-state index is 11.8. The smallest absolute Gasteiger partial charge is 0.320 e. The van der Waals surface area contributed by atoms with E-state index in [-0.39, 0.29) is 24.0 Å². The molecule has 8 heteroatoms. The average molecular weight is 323 g/mol. The Labute approximate surface area is 129 Å². The highest BCUT2D eigenvalue weighted by atomic mass is 32.2. The number of carbonyl (C=O) groups is 2. The molecule has 6 nitrogen and oxygen atoms in total. The predicted octanol–water partition coefficient (Wildman–Crippen LogP) is 1.43. The van der Waals surface area contributed by atoms with E-state index in [1.807, 2.05) is 14.1 Å². The molecular weight excluding hydrogens is 302 g/mol. The minimum Gasteiger partial charge on any atom is -0.466 e. The minimum atomic E-state index is -0.747. The summed E-state index contributed by atoms with van der Waals surface area (Å²) in [7, 11) is 3.66. The van der Waals surface area contributed by atoms with Gasteiger partial charge in [0, 0.05) is 0 Å². The lowest BCUT2D eigenvalue weighted by Crippen LogP contribution is -2.27. The Hall–Kier alpha value is -0.860. The topological polar surface area (TPSA) is 65.1 Å². The standard InChI is InChI=1S/C12H21NO5S2/c1-5-16-10(14)7-9(11(15)17-6-2)20-12(19)18-8-13(3)4/h9H,5-8H2,1-4H3. The fraction of sp³-hybridized carbons (Fsp3) is 0.750. The molecule has 0 bridgehead atoms. The Morgan fingerprint density at radius 2 is 1.75 bits per heavy atom. The van der Waals surface area contributed by atoms with Gasteiger partial charge in [0.15, 0.2) is 0 Å². The number of ether oxygens (including phenoxy) is 3. The molecule has 0 aliphatic heterocycles. The van der Waals surface area contributed by atoms with Crippen LogP contribution in [0.4, 0.5) is 0 Å². The molecule has 0 heterocycles. The van der Waals surface area contributed by atoms with Gasteiger partial charge < -0.3 is 14.2 Å². The average Bonchev–Trinajstić information content (AvgIpc) is 2.36. The highest BCUT2D eigenvalue weighted by molar-refractivity contribution is 8.23. The van der Waals surface area contributed by atoms with E-state index in [4.69, 9.17) is 26.4 Å². The number of hydrogen-bond donors (Lipinski definition) is 0. The lowest BCUT2D eigenvalue weighted by Gasteiger charge is -2.16. The normalized spacial score (nSPS) is 11.8. The van der Waals surface area contributed by atoms with Crippen LogP contribution in [0.25, 0.3) is 0 Å². The Kier molecular flexibility index (Phi) is 10.4. The van der Waals surface area contributed by atoms with Crippen LogP contribution in [-0.4, -0.2) is 60.5 Å². The lowest BCUT2D eigenvalue weighted by molar-refractivity contribution is -0.149. The van der Waals surface area contributed by atoms with Crippen LogP contribution < -0.4 is 0 Å². The van der Waals surface area contributed by atoms with Gasteiger partial charge in [0.05, 0.1) is 19.6 Å². The number of hydrogen-bond acceptors (Lipinski definition) is 8. The van der Waals surface area contributed by atoms with Crippen LogP contribution in [0.2, 0.25) is 0 Å². The number of rotatable bonds is 8. The van der Waals surface area contributed by atoms with Gasteiger partial charge in [-0.1, -0.05) is 11.8 Å². The van der Waals surface area contributed by atoms with Crippen molar-refractivity contribution < 1.29 is 23.8 Å². The van der Waals surface area contributed by atoms with E-state index >= 15 is 0 Å². The van der Waals surface area contributed by atoms with Gasteiger partial charge in [-0.25, -0.2) is 0 Å². The SMILES string of the molecule is CCOC(=O)CC(SC(=S)OCN(C)C)C(=O)OCC. The number of thioether (sulfide) groups is 1. The second-order valence-electron chi connectivity index (χ2n) is 3.97. The maximum absolute atomic E-state index is 11.8. The second-order valence-corrected chi connectivity index (χ2v) is 5.78. The molecule has 0 spiro atoms. The molecule has 0 amide bonds. The van der Waals surface area contributed by atoms with Gasteiger partial charge in [-0.05, 0) is 40.2 Å². The Morgan fingerprint density at radius 1 is 1.15 bits per heavy atom. The molecule has 20 heavy (non-hydrogen) atoms. The minimum absolute atomic E-state index is 0.0944. The Morgan fingerprint density at radius 3 is 2.25 bits per heavy atom. The van der Waals surface area contributed by atoms with Gasteiger partial charge in [-0.15, -0.1) is 0 Å². The highest BCUT2D eigenvalue weighted by Crippen LogP contribution is 2.20. The van der Waals surface area contributed by atoms with Crippen molar-refractivity contribution in [1.82, 2.24) is 4.90 Å². The van der Waals surface area contributed by atoms with Crippen molar-refractivity contribution in [1.29, 1.82) is 0 Å². The van der Waals surface area contributed by atoms with E-state index in [0.717, 1.165) is 11.8 Å². The second kappa shape index (κ2) is 10.9. The number of thiocarbonyl (C=S) groups is 1. The van der Waals surface area contributed by atoms with Crippen LogP contribution in [0.3, 0.4) is 0 Å². The highest BCUT2D eigenvalue weighted by Gasteiger charge is 2.27. The van der Waals surface area contributed by atoms with Gasteiger partial charge in [-0.2, -0.15) is 0 Å². The molecule has 0 saturated carbocycles. The van der Waals surface area contributed by atoms with E-state index in [1.165, 1.54) is 0 Å². The summed E-state index contributed by atoms with van der Waals surface area (Å²) in [6.07, 6.45) is -0.0944. The zero-order chi connectivity index (χ0) is 15.5. The molecule has 0 aromatic rings. The van der Waals surface area contributed by atoms with E-state index in [9.17, 15) is 9.59 Å². The molecule has 1 unspecified atom stereocenters. The molecule has 116 valence electrons.